The third-order valence-electron chi connectivity index (χ3n) is 2.59. The molecular formula is C14H11Br2NO2S2. The summed E-state index contributed by atoms with van der Waals surface area (Å²) >= 11 is 9.82. The Balaban J connectivity index is 2.07. The highest BCUT2D eigenvalue weighted by molar-refractivity contribution is 9.12. The smallest absolute Gasteiger partial charge is 0.255 e. The first-order valence-corrected chi connectivity index (χ1v) is 9.17. The van der Waals surface area contributed by atoms with Gasteiger partial charge in [0.15, 0.2) is 0 Å². The number of rotatable bonds is 3. The maximum atomic E-state index is 12.4. The first-order chi connectivity index (χ1) is 10.0. The van der Waals surface area contributed by atoms with Crippen molar-refractivity contribution in [3.63, 3.8) is 0 Å². The summed E-state index contributed by atoms with van der Waals surface area (Å²) in [5.74, 6) is 5.44. The number of carbonyl (C=O) groups excluding carboxylic acids is 1. The van der Waals surface area contributed by atoms with Crippen molar-refractivity contribution in [2.24, 2.45) is 0 Å². The number of thiophene rings is 2. The van der Waals surface area contributed by atoms with Crippen LogP contribution in [0.5, 0.6) is 0 Å². The second-order valence-electron chi connectivity index (χ2n) is 4.16. The Labute approximate surface area is 147 Å². The minimum atomic E-state index is -0.148. The molecule has 21 heavy (non-hydrogen) atoms. The first-order valence-electron chi connectivity index (χ1n) is 5.88. The van der Waals surface area contributed by atoms with Gasteiger partial charge in [0.25, 0.3) is 5.91 Å². The zero-order chi connectivity index (χ0) is 15.4. The Morgan fingerprint density at radius 1 is 1.43 bits per heavy atom. The van der Waals surface area contributed by atoms with Gasteiger partial charge in [-0.2, -0.15) is 0 Å². The average molecular weight is 449 g/mol. The van der Waals surface area contributed by atoms with Crippen LogP contribution in [-0.4, -0.2) is 29.6 Å². The SMILES string of the molecule is CN(Cc1cc(C#CCO)cs1)C(=O)c1cc(Br)sc1Br. The van der Waals surface area contributed by atoms with E-state index in [2.05, 4.69) is 43.7 Å². The molecule has 0 bridgehead atoms. The third-order valence-corrected chi connectivity index (χ3v) is 5.85. The minimum absolute atomic E-state index is 0.0276. The summed E-state index contributed by atoms with van der Waals surface area (Å²) in [6, 6.07) is 3.76. The number of aliphatic hydroxyl groups is 1. The van der Waals surface area contributed by atoms with Crippen LogP contribution in [0.1, 0.15) is 20.8 Å². The number of aliphatic hydroxyl groups excluding tert-OH is 1. The average Bonchev–Trinajstić information content (AvgIpc) is 3.02. The Morgan fingerprint density at radius 2 is 2.19 bits per heavy atom. The van der Waals surface area contributed by atoms with Crippen molar-refractivity contribution in [1.29, 1.82) is 0 Å². The summed E-state index contributed by atoms with van der Waals surface area (Å²) in [6.07, 6.45) is 0. The van der Waals surface area contributed by atoms with Crippen LogP contribution in [0.25, 0.3) is 0 Å². The molecule has 0 saturated carbocycles. The van der Waals surface area contributed by atoms with E-state index in [0.29, 0.717) is 12.1 Å². The van der Waals surface area contributed by atoms with Crippen molar-refractivity contribution >= 4 is 60.4 Å². The number of carbonyl (C=O) groups is 1. The number of hydrogen-bond donors (Lipinski definition) is 1. The highest BCUT2D eigenvalue weighted by atomic mass is 79.9. The second kappa shape index (κ2) is 7.56. The van der Waals surface area contributed by atoms with E-state index in [9.17, 15) is 4.79 Å². The molecule has 2 heterocycles. The maximum absolute atomic E-state index is 12.4. The topological polar surface area (TPSA) is 40.5 Å². The third kappa shape index (κ3) is 4.41. The van der Waals surface area contributed by atoms with Gasteiger partial charge >= 0.3 is 0 Å². The Hall–Kier alpha value is -0.650. The van der Waals surface area contributed by atoms with Crippen LogP contribution in [0.4, 0.5) is 0 Å². The predicted molar refractivity (Wildman–Crippen MR) is 93.8 cm³/mol. The van der Waals surface area contributed by atoms with Crippen LogP contribution in [0, 0.1) is 11.8 Å². The number of halogens is 2. The van der Waals surface area contributed by atoms with Crippen molar-refractivity contribution in [2.45, 2.75) is 6.54 Å². The van der Waals surface area contributed by atoms with Crippen molar-refractivity contribution in [2.75, 3.05) is 13.7 Å². The van der Waals surface area contributed by atoms with Crippen molar-refractivity contribution in [3.05, 3.63) is 41.1 Å². The lowest BCUT2D eigenvalue weighted by molar-refractivity contribution is 0.0786. The molecule has 1 N–H and O–H groups in total. The molecule has 2 rings (SSSR count). The molecule has 2 aromatic rings. The molecule has 0 aliphatic heterocycles. The zero-order valence-electron chi connectivity index (χ0n) is 11.0. The van der Waals surface area contributed by atoms with E-state index in [1.807, 2.05) is 17.5 Å². The van der Waals surface area contributed by atoms with Gasteiger partial charge in [-0.05, 0) is 44.0 Å². The molecule has 1 amide bonds. The number of nitrogens with zero attached hydrogens (tertiary/aromatic N) is 1. The summed E-state index contributed by atoms with van der Waals surface area (Å²) in [6.45, 7) is 0.384. The molecule has 110 valence electrons. The largest absolute Gasteiger partial charge is 0.384 e. The Morgan fingerprint density at radius 3 is 2.81 bits per heavy atom. The van der Waals surface area contributed by atoms with E-state index < -0.39 is 0 Å². The van der Waals surface area contributed by atoms with Crippen molar-refractivity contribution in [1.82, 2.24) is 4.90 Å². The number of hydrogen-bond acceptors (Lipinski definition) is 4. The predicted octanol–water partition coefficient (Wildman–Crippen LogP) is 3.95. The minimum Gasteiger partial charge on any atom is -0.384 e. The molecule has 0 saturated heterocycles. The highest BCUT2D eigenvalue weighted by Crippen LogP contribution is 2.32. The lowest BCUT2D eigenvalue weighted by atomic mass is 10.2. The van der Waals surface area contributed by atoms with Crippen LogP contribution in [-0.2, 0) is 6.54 Å². The van der Waals surface area contributed by atoms with Gasteiger partial charge in [-0.15, -0.1) is 22.7 Å². The first kappa shape index (κ1) is 16.7. The van der Waals surface area contributed by atoms with E-state index in [4.69, 9.17) is 5.11 Å². The molecule has 7 heteroatoms. The van der Waals surface area contributed by atoms with Gasteiger partial charge in [-0.1, -0.05) is 11.8 Å². The lowest BCUT2D eigenvalue weighted by Gasteiger charge is -2.15. The van der Waals surface area contributed by atoms with E-state index in [-0.39, 0.29) is 12.5 Å². The maximum Gasteiger partial charge on any atom is 0.255 e. The summed E-state index contributed by atoms with van der Waals surface area (Å²) in [5, 5.41) is 10.6. The van der Waals surface area contributed by atoms with Crippen LogP contribution >= 0.6 is 54.5 Å². The van der Waals surface area contributed by atoms with Gasteiger partial charge in [-0.25, -0.2) is 0 Å². The molecule has 0 atom stereocenters. The fraction of sp³-hybridized carbons (Fsp3) is 0.214. The molecule has 0 radical (unpaired) electrons. The molecule has 2 aromatic heterocycles. The lowest BCUT2D eigenvalue weighted by Crippen LogP contribution is -2.25. The molecule has 0 unspecified atom stereocenters. The van der Waals surface area contributed by atoms with E-state index >= 15 is 0 Å². The summed E-state index contributed by atoms with van der Waals surface area (Å²) in [5.41, 5.74) is 1.52. The molecule has 0 aliphatic carbocycles. The van der Waals surface area contributed by atoms with Crippen LogP contribution in [0.15, 0.2) is 25.1 Å². The fourth-order valence-electron chi connectivity index (χ4n) is 1.67. The second-order valence-corrected chi connectivity index (χ2v) is 8.91. The normalized spacial score (nSPS) is 10.1. The van der Waals surface area contributed by atoms with E-state index in [1.54, 1.807) is 23.3 Å². The fourth-order valence-corrected chi connectivity index (χ4v) is 5.31. The number of amides is 1. The van der Waals surface area contributed by atoms with Gasteiger partial charge in [0.1, 0.15) is 6.61 Å². The molecular weight excluding hydrogens is 438 g/mol. The summed E-state index contributed by atoms with van der Waals surface area (Å²) < 4.78 is 1.75. The van der Waals surface area contributed by atoms with Gasteiger partial charge < -0.3 is 10.0 Å². The van der Waals surface area contributed by atoms with Gasteiger partial charge in [0, 0.05) is 22.9 Å². The molecule has 0 aromatic carbocycles. The molecule has 0 aliphatic rings. The van der Waals surface area contributed by atoms with Crippen LogP contribution in [0.2, 0.25) is 0 Å². The monoisotopic (exact) mass is 447 g/mol. The quantitative estimate of drug-likeness (QED) is 0.722. The molecule has 3 nitrogen and oxygen atoms in total. The highest BCUT2D eigenvalue weighted by Gasteiger charge is 2.18. The Bertz CT molecular complexity index is 712. The van der Waals surface area contributed by atoms with Gasteiger partial charge in [0.2, 0.25) is 0 Å². The van der Waals surface area contributed by atoms with Gasteiger partial charge in [-0.3, -0.25) is 4.79 Å². The van der Waals surface area contributed by atoms with Crippen LogP contribution < -0.4 is 0 Å². The van der Waals surface area contributed by atoms with E-state index in [1.165, 1.54) is 11.3 Å². The van der Waals surface area contributed by atoms with Crippen molar-refractivity contribution in [3.8, 4) is 11.8 Å². The summed E-state index contributed by atoms with van der Waals surface area (Å²) in [7, 11) is 1.78. The van der Waals surface area contributed by atoms with Gasteiger partial charge in [0.05, 0.1) is 19.7 Å². The molecule has 0 fully saturated rings. The van der Waals surface area contributed by atoms with E-state index in [0.717, 1.165) is 18.0 Å². The standard InChI is InChI=1S/C14H11Br2NO2S2/c1-17(14(19)11-6-12(15)21-13(11)16)7-10-5-9(8-20-10)3-2-4-18/h5-6,8,18H,4,7H2,1H3. The van der Waals surface area contributed by atoms with Crippen LogP contribution in [0.3, 0.4) is 0 Å². The zero-order valence-corrected chi connectivity index (χ0v) is 15.8. The van der Waals surface area contributed by atoms with Crippen molar-refractivity contribution < 1.29 is 9.90 Å². The molecule has 0 spiro atoms. The summed E-state index contributed by atoms with van der Waals surface area (Å²) in [4.78, 5) is 15.1. The Kier molecular flexibility index (Phi) is 6.02.